The van der Waals surface area contributed by atoms with Gasteiger partial charge >= 0.3 is 0 Å². The number of benzene rings is 1. The van der Waals surface area contributed by atoms with E-state index >= 15 is 0 Å². The van der Waals surface area contributed by atoms with E-state index in [1.807, 2.05) is 38.1 Å². The Labute approximate surface area is 135 Å². The number of para-hydroxylation sites is 1. The van der Waals surface area contributed by atoms with Crippen LogP contribution in [-0.4, -0.2) is 21.7 Å². The number of halogens is 1. The second-order valence-corrected chi connectivity index (χ2v) is 8.83. The van der Waals surface area contributed by atoms with Crippen LogP contribution in [0.5, 0.6) is 5.75 Å². The van der Waals surface area contributed by atoms with E-state index in [-0.39, 0.29) is 17.0 Å². The lowest BCUT2D eigenvalue weighted by Crippen LogP contribution is -2.36. The van der Waals surface area contributed by atoms with Crippen LogP contribution in [-0.2, 0) is 9.59 Å². The van der Waals surface area contributed by atoms with Crippen LogP contribution in [0.1, 0.15) is 40.0 Å². The lowest BCUT2D eigenvalue weighted by molar-refractivity contribution is -0.122. The van der Waals surface area contributed by atoms with Crippen molar-refractivity contribution in [3.05, 3.63) is 27.8 Å². The molecule has 1 fully saturated rings. The predicted octanol–water partition coefficient (Wildman–Crippen LogP) is 3.75. The first kappa shape index (κ1) is 16.3. The van der Waals surface area contributed by atoms with Gasteiger partial charge in [0, 0.05) is 12.8 Å². The van der Waals surface area contributed by atoms with E-state index in [1.54, 1.807) is 0 Å². The molecule has 0 aromatic heterocycles. The van der Waals surface area contributed by atoms with Gasteiger partial charge in [-0.2, -0.15) is 0 Å². The van der Waals surface area contributed by atoms with Crippen molar-refractivity contribution < 1.29 is 14.3 Å². The summed E-state index contributed by atoms with van der Waals surface area (Å²) in [6.45, 7) is 6.68. The summed E-state index contributed by atoms with van der Waals surface area (Å²) in [5.74, 6) is 0.897. The molecule has 0 N–H and O–H groups in total. The van der Waals surface area contributed by atoms with Gasteiger partial charge in [-0.3, -0.25) is 9.59 Å². The van der Waals surface area contributed by atoms with Crippen LogP contribution in [0.15, 0.2) is 24.3 Å². The Bertz CT molecular complexity index is 565. The first-order valence-electron chi connectivity index (χ1n) is 7.23. The van der Waals surface area contributed by atoms with Crippen LogP contribution >= 0.6 is 20.7 Å². The number of hydrogen-bond acceptors (Lipinski definition) is 3. The number of hydrogen-bond donors (Lipinski definition) is 0. The lowest BCUT2D eigenvalue weighted by Gasteiger charge is -2.28. The van der Waals surface area contributed by atoms with Crippen molar-refractivity contribution in [3.63, 3.8) is 0 Å². The van der Waals surface area contributed by atoms with Gasteiger partial charge in [0.25, 0.3) is 0 Å². The summed E-state index contributed by atoms with van der Waals surface area (Å²) >= 11 is -0.764. The zero-order chi connectivity index (χ0) is 15.5. The van der Waals surface area contributed by atoms with Crippen molar-refractivity contribution in [2.45, 2.75) is 40.0 Å². The summed E-state index contributed by atoms with van der Waals surface area (Å²) in [6, 6.07) is 7.77. The third-order valence-corrected chi connectivity index (χ3v) is 6.48. The molecule has 0 atom stereocenters. The monoisotopic (exact) mass is 400 g/mol. The molecule has 2 rings (SSSR count). The maximum Gasteiger partial charge on any atom is 0.172 e. The number of rotatable bonds is 4. The molecule has 3 nitrogen and oxygen atoms in total. The Balaban J connectivity index is 2.31. The fourth-order valence-electron chi connectivity index (χ4n) is 2.30. The SMILES string of the molecule is CCCOc1ccccc1I=C1C(=O)CC(C)(C)CC1=O. The molecule has 21 heavy (non-hydrogen) atoms. The van der Waals surface area contributed by atoms with Crippen LogP contribution in [0, 0.1) is 8.99 Å². The van der Waals surface area contributed by atoms with E-state index in [2.05, 4.69) is 6.92 Å². The molecule has 0 spiro atoms. The fourth-order valence-corrected chi connectivity index (χ4v) is 4.85. The first-order valence-corrected chi connectivity index (χ1v) is 9.39. The fraction of sp³-hybridized carbons (Fsp3) is 0.471. The van der Waals surface area contributed by atoms with E-state index in [0.717, 1.165) is 15.7 Å². The molecule has 0 aliphatic heterocycles. The van der Waals surface area contributed by atoms with Crippen molar-refractivity contribution in [2.75, 3.05) is 6.61 Å². The number of Topliss-reactive ketones (excluding diaryl/α,β-unsaturated/α-hetero) is 2. The highest BCUT2D eigenvalue weighted by atomic mass is 127. The molecule has 4 heteroatoms. The lowest BCUT2D eigenvalue weighted by atomic mass is 9.76. The minimum atomic E-state index is -0.764. The first-order chi connectivity index (χ1) is 9.93. The Morgan fingerprint density at radius 3 is 2.38 bits per heavy atom. The molecule has 1 aromatic rings. The van der Waals surface area contributed by atoms with Gasteiger partial charge in [0.05, 0.1) is 13.7 Å². The predicted molar refractivity (Wildman–Crippen MR) is 93.0 cm³/mol. The summed E-state index contributed by atoms with van der Waals surface area (Å²) in [6.07, 6.45) is 1.90. The average molecular weight is 400 g/mol. The van der Waals surface area contributed by atoms with Crippen molar-refractivity contribution >= 4 is 35.8 Å². The molecule has 0 bridgehead atoms. The standard InChI is InChI=1S/C17H21IO3/c1-4-9-21-15-8-6-5-7-12(15)18-16-13(19)10-17(2,3)11-14(16)20/h5-8H,4,9-11H2,1-3H3. The molecule has 1 aliphatic rings. The summed E-state index contributed by atoms with van der Waals surface area (Å²) in [5, 5.41) is 0. The number of carbonyl (C=O) groups excluding carboxylic acids is 2. The Kier molecular flexibility index (Phi) is 5.30. The van der Waals surface area contributed by atoms with E-state index in [4.69, 9.17) is 4.74 Å². The van der Waals surface area contributed by atoms with Gasteiger partial charge in [0.15, 0.2) is 11.6 Å². The molecular formula is C17H21IO3. The van der Waals surface area contributed by atoms with Gasteiger partial charge in [-0.15, -0.1) is 0 Å². The molecule has 0 radical (unpaired) electrons. The van der Waals surface area contributed by atoms with Crippen molar-refractivity contribution in [1.82, 2.24) is 0 Å². The zero-order valence-corrected chi connectivity index (χ0v) is 14.9. The smallest absolute Gasteiger partial charge is 0.172 e. The molecular weight excluding hydrogens is 379 g/mol. The van der Waals surface area contributed by atoms with Gasteiger partial charge in [-0.25, -0.2) is 0 Å². The third-order valence-electron chi connectivity index (χ3n) is 3.26. The molecule has 0 unspecified atom stereocenters. The van der Waals surface area contributed by atoms with E-state index in [9.17, 15) is 9.59 Å². The van der Waals surface area contributed by atoms with Gasteiger partial charge in [-0.05, 0) is 24.0 Å². The van der Waals surface area contributed by atoms with Crippen LogP contribution in [0.4, 0.5) is 0 Å². The molecule has 1 aliphatic carbocycles. The zero-order valence-electron chi connectivity index (χ0n) is 12.7. The average Bonchev–Trinajstić information content (AvgIpc) is 2.40. The highest BCUT2D eigenvalue weighted by molar-refractivity contribution is 14.2. The van der Waals surface area contributed by atoms with Gasteiger partial charge in [-0.1, -0.05) is 53.6 Å². The Hall–Kier alpha value is -1.04. The molecule has 0 saturated heterocycles. The summed E-state index contributed by atoms with van der Waals surface area (Å²) in [5.41, 5.74) is -0.195. The second-order valence-electron chi connectivity index (χ2n) is 6.05. The molecule has 1 aromatic carbocycles. The van der Waals surface area contributed by atoms with Crippen molar-refractivity contribution in [1.29, 1.82) is 0 Å². The molecule has 0 amide bonds. The van der Waals surface area contributed by atoms with Crippen LogP contribution in [0.25, 0.3) is 0 Å². The highest BCUT2D eigenvalue weighted by Crippen LogP contribution is 2.34. The van der Waals surface area contributed by atoms with Crippen molar-refractivity contribution in [3.8, 4) is 5.75 Å². The van der Waals surface area contributed by atoms with Gasteiger partial charge in [0.2, 0.25) is 0 Å². The normalized spacial score (nSPS) is 18.0. The third kappa shape index (κ3) is 4.22. The van der Waals surface area contributed by atoms with E-state index in [1.165, 1.54) is 0 Å². The maximum atomic E-state index is 12.3. The maximum absolute atomic E-state index is 12.3. The summed E-state index contributed by atoms with van der Waals surface area (Å²) in [7, 11) is 0. The van der Waals surface area contributed by atoms with Crippen LogP contribution in [0.3, 0.4) is 0 Å². The number of carbonyl (C=O) groups is 2. The van der Waals surface area contributed by atoms with Crippen LogP contribution < -0.4 is 4.74 Å². The Morgan fingerprint density at radius 2 is 1.76 bits per heavy atom. The van der Waals surface area contributed by atoms with Crippen LogP contribution in [0.2, 0.25) is 0 Å². The van der Waals surface area contributed by atoms with E-state index < -0.39 is 20.7 Å². The minimum Gasteiger partial charge on any atom is -0.493 e. The van der Waals surface area contributed by atoms with Crippen molar-refractivity contribution in [2.24, 2.45) is 5.41 Å². The molecule has 114 valence electrons. The van der Waals surface area contributed by atoms with Gasteiger partial charge < -0.3 is 4.74 Å². The minimum absolute atomic E-state index is 0.0364. The quantitative estimate of drug-likeness (QED) is 0.724. The van der Waals surface area contributed by atoms with Gasteiger partial charge in [0.1, 0.15) is 5.75 Å². The summed E-state index contributed by atoms with van der Waals surface area (Å²) < 4.78 is 7.30. The Morgan fingerprint density at radius 1 is 1.14 bits per heavy atom. The molecule has 1 saturated carbocycles. The number of ketones is 2. The summed E-state index contributed by atoms with van der Waals surface area (Å²) in [4.78, 5) is 24.6. The molecule has 0 heterocycles. The highest BCUT2D eigenvalue weighted by Gasteiger charge is 2.36. The largest absolute Gasteiger partial charge is 0.493 e. The number of ether oxygens (including phenoxy) is 1. The van der Waals surface area contributed by atoms with E-state index in [0.29, 0.717) is 23.0 Å². The topological polar surface area (TPSA) is 43.4 Å². The second kappa shape index (κ2) is 6.81.